The van der Waals surface area contributed by atoms with Crippen LogP contribution in [0.5, 0.6) is 0 Å². The first-order valence-corrected chi connectivity index (χ1v) is 6.14. The second-order valence-electron chi connectivity index (χ2n) is 4.20. The van der Waals surface area contributed by atoms with Gasteiger partial charge in [0.25, 0.3) is 0 Å². The van der Waals surface area contributed by atoms with Crippen LogP contribution in [0.1, 0.15) is 23.0 Å². The largest absolute Gasteiger partial charge is 0.398 e. The molecule has 1 heterocycles. The van der Waals surface area contributed by atoms with Crippen LogP contribution in [0.15, 0.2) is 18.2 Å². The lowest BCUT2D eigenvalue weighted by Crippen LogP contribution is -2.04. The number of nitrogens with zero attached hydrogens (tertiary/aromatic N) is 3. The fourth-order valence-electron chi connectivity index (χ4n) is 1.80. The molecule has 0 amide bonds. The van der Waals surface area contributed by atoms with Crippen molar-refractivity contribution in [3.05, 3.63) is 46.3 Å². The number of anilines is 1. The van der Waals surface area contributed by atoms with Gasteiger partial charge in [0.15, 0.2) is 0 Å². The molecule has 4 nitrogen and oxygen atoms in total. The number of benzene rings is 1. The summed E-state index contributed by atoms with van der Waals surface area (Å²) in [5.74, 6) is 2.33. The topological polar surface area (TPSA) is 64.7 Å². The highest BCUT2D eigenvalue weighted by Crippen LogP contribution is 2.20. The molecule has 0 spiro atoms. The average Bonchev–Trinajstić information content (AvgIpc) is 2.29. The summed E-state index contributed by atoms with van der Waals surface area (Å²) in [4.78, 5) is 12.8. The van der Waals surface area contributed by atoms with E-state index in [-0.39, 0.29) is 0 Å². The van der Waals surface area contributed by atoms with Crippen LogP contribution in [0.4, 0.5) is 5.69 Å². The minimum Gasteiger partial charge on any atom is -0.398 e. The van der Waals surface area contributed by atoms with Crippen molar-refractivity contribution < 1.29 is 0 Å². The van der Waals surface area contributed by atoms with Crippen LogP contribution in [0.3, 0.4) is 0 Å². The molecule has 1 aromatic heterocycles. The molecule has 2 rings (SSSR count). The van der Waals surface area contributed by atoms with E-state index < -0.39 is 0 Å². The van der Waals surface area contributed by atoms with Crippen molar-refractivity contribution in [2.24, 2.45) is 0 Å². The van der Waals surface area contributed by atoms with E-state index >= 15 is 0 Å². The predicted octanol–water partition coefficient (Wildman–Crippen LogP) is 2.51. The number of nitrogen functional groups attached to an aromatic ring is 1. The smallest absolute Gasteiger partial charge is 0.132 e. The maximum absolute atomic E-state index is 5.88. The highest BCUT2D eigenvalue weighted by molar-refractivity contribution is 6.33. The van der Waals surface area contributed by atoms with Gasteiger partial charge in [0, 0.05) is 6.42 Å². The van der Waals surface area contributed by atoms with E-state index in [1.54, 1.807) is 0 Å². The first-order chi connectivity index (χ1) is 8.54. The lowest BCUT2D eigenvalue weighted by molar-refractivity contribution is 0.793. The zero-order chi connectivity index (χ0) is 13.1. The highest BCUT2D eigenvalue weighted by Gasteiger charge is 2.03. The van der Waals surface area contributed by atoms with Gasteiger partial charge in [0.2, 0.25) is 0 Å². The molecule has 0 aliphatic rings. The molecule has 2 N–H and O–H groups in total. The third-order valence-electron chi connectivity index (χ3n) is 2.60. The number of rotatable bonds is 3. The molecule has 0 saturated heterocycles. The van der Waals surface area contributed by atoms with E-state index in [9.17, 15) is 0 Å². The summed E-state index contributed by atoms with van der Waals surface area (Å²) in [5.41, 5.74) is 7.51. The quantitative estimate of drug-likeness (QED) is 0.864. The number of hydrogen-bond acceptors (Lipinski definition) is 4. The number of aromatic nitrogens is 3. The van der Waals surface area contributed by atoms with Crippen LogP contribution in [0, 0.1) is 13.8 Å². The fraction of sp³-hybridized carbons (Fsp3) is 0.308. The Morgan fingerprint density at radius 1 is 1.06 bits per heavy atom. The van der Waals surface area contributed by atoms with E-state index in [0.717, 1.165) is 35.9 Å². The monoisotopic (exact) mass is 262 g/mol. The number of halogens is 1. The van der Waals surface area contributed by atoms with Gasteiger partial charge in [0.05, 0.1) is 10.7 Å². The van der Waals surface area contributed by atoms with Crippen LogP contribution < -0.4 is 5.73 Å². The van der Waals surface area contributed by atoms with Gasteiger partial charge >= 0.3 is 0 Å². The van der Waals surface area contributed by atoms with E-state index in [1.807, 2.05) is 32.0 Å². The Morgan fingerprint density at radius 3 is 2.33 bits per heavy atom. The number of hydrogen-bond donors (Lipinski definition) is 1. The summed E-state index contributed by atoms with van der Waals surface area (Å²) in [6.45, 7) is 3.75. The molecule has 0 unspecified atom stereocenters. The van der Waals surface area contributed by atoms with Crippen molar-refractivity contribution in [1.82, 2.24) is 15.0 Å². The van der Waals surface area contributed by atoms with Crippen molar-refractivity contribution in [2.45, 2.75) is 26.7 Å². The Bertz CT molecular complexity index is 549. The Hall–Kier alpha value is -1.68. The fourth-order valence-corrected chi connectivity index (χ4v) is 1.92. The van der Waals surface area contributed by atoms with Crippen molar-refractivity contribution in [3.8, 4) is 0 Å². The molecule has 1 aromatic carbocycles. The second kappa shape index (κ2) is 5.31. The summed E-state index contributed by atoms with van der Waals surface area (Å²) in [7, 11) is 0. The Balaban J connectivity index is 2.08. The molecule has 0 aliphatic heterocycles. The van der Waals surface area contributed by atoms with Gasteiger partial charge in [-0.05, 0) is 38.0 Å². The van der Waals surface area contributed by atoms with Gasteiger partial charge in [-0.15, -0.1) is 0 Å². The van der Waals surface area contributed by atoms with Gasteiger partial charge in [-0.25, -0.2) is 15.0 Å². The maximum atomic E-state index is 5.88. The SMILES string of the molecule is Cc1nc(C)nc(CCc2ccc(Cl)c(N)c2)n1. The molecule has 94 valence electrons. The lowest BCUT2D eigenvalue weighted by atomic mass is 10.1. The van der Waals surface area contributed by atoms with Crippen LogP contribution in [-0.4, -0.2) is 15.0 Å². The average molecular weight is 263 g/mol. The zero-order valence-electron chi connectivity index (χ0n) is 10.4. The van der Waals surface area contributed by atoms with Crippen LogP contribution in [0.25, 0.3) is 0 Å². The van der Waals surface area contributed by atoms with Gasteiger partial charge in [-0.3, -0.25) is 0 Å². The molecule has 0 radical (unpaired) electrons. The molecule has 5 heteroatoms. The molecule has 0 atom stereocenters. The van der Waals surface area contributed by atoms with Crippen molar-refractivity contribution in [3.63, 3.8) is 0 Å². The Kier molecular flexibility index (Phi) is 3.77. The Labute approximate surface area is 111 Å². The van der Waals surface area contributed by atoms with Gasteiger partial charge in [-0.1, -0.05) is 17.7 Å². The minimum absolute atomic E-state index is 0.589. The molecule has 18 heavy (non-hydrogen) atoms. The number of nitrogens with two attached hydrogens (primary N) is 1. The summed E-state index contributed by atoms with van der Waals surface area (Å²) in [5, 5.41) is 0.589. The third-order valence-corrected chi connectivity index (χ3v) is 2.95. The molecule has 0 saturated carbocycles. The van der Waals surface area contributed by atoms with Crippen molar-refractivity contribution in [2.75, 3.05) is 5.73 Å². The van der Waals surface area contributed by atoms with E-state index in [2.05, 4.69) is 15.0 Å². The first kappa shape index (κ1) is 12.8. The molecule has 0 bridgehead atoms. The Morgan fingerprint density at radius 2 is 1.72 bits per heavy atom. The molecular formula is C13H15ClN4. The summed E-state index contributed by atoms with van der Waals surface area (Å²) < 4.78 is 0. The van der Waals surface area contributed by atoms with E-state index in [1.165, 1.54) is 0 Å². The lowest BCUT2D eigenvalue weighted by Gasteiger charge is -2.05. The van der Waals surface area contributed by atoms with Crippen LogP contribution in [-0.2, 0) is 12.8 Å². The van der Waals surface area contributed by atoms with E-state index in [0.29, 0.717) is 10.7 Å². The minimum atomic E-state index is 0.589. The normalized spacial score (nSPS) is 10.6. The number of aryl methyl sites for hydroxylation is 4. The zero-order valence-corrected chi connectivity index (χ0v) is 11.2. The van der Waals surface area contributed by atoms with Gasteiger partial charge in [-0.2, -0.15) is 0 Å². The molecular weight excluding hydrogens is 248 g/mol. The molecule has 0 fully saturated rings. The highest BCUT2D eigenvalue weighted by atomic mass is 35.5. The van der Waals surface area contributed by atoms with Crippen molar-refractivity contribution in [1.29, 1.82) is 0 Å². The van der Waals surface area contributed by atoms with E-state index in [4.69, 9.17) is 17.3 Å². The second-order valence-corrected chi connectivity index (χ2v) is 4.61. The standard InChI is InChI=1S/C13H15ClN4/c1-8-16-9(2)18-13(17-8)6-4-10-3-5-11(14)12(15)7-10/h3,5,7H,4,6,15H2,1-2H3. The van der Waals surface area contributed by atoms with Crippen LogP contribution in [0.2, 0.25) is 5.02 Å². The predicted molar refractivity (Wildman–Crippen MR) is 72.6 cm³/mol. The maximum Gasteiger partial charge on any atom is 0.132 e. The molecule has 0 aliphatic carbocycles. The van der Waals surface area contributed by atoms with Gasteiger partial charge in [0.1, 0.15) is 17.5 Å². The van der Waals surface area contributed by atoms with Crippen molar-refractivity contribution >= 4 is 17.3 Å². The van der Waals surface area contributed by atoms with Gasteiger partial charge < -0.3 is 5.73 Å². The molecule has 2 aromatic rings. The summed E-state index contributed by atoms with van der Waals surface area (Å²) in [6.07, 6.45) is 1.61. The third kappa shape index (κ3) is 3.17. The summed E-state index contributed by atoms with van der Waals surface area (Å²) >= 11 is 5.88. The van der Waals surface area contributed by atoms with Crippen LogP contribution >= 0.6 is 11.6 Å². The summed E-state index contributed by atoms with van der Waals surface area (Å²) in [6, 6.07) is 5.68. The first-order valence-electron chi connectivity index (χ1n) is 5.76.